The lowest BCUT2D eigenvalue weighted by Crippen LogP contribution is -2.23. The number of halogens is 2. The molecular formula is C6H3F2NO4S. The topological polar surface area (TPSA) is 80.4 Å². The van der Waals surface area contributed by atoms with Gasteiger partial charge >= 0.3 is 16.9 Å². The highest BCUT2D eigenvalue weighted by molar-refractivity contribution is 7.15. The molecule has 0 radical (unpaired) electrons. The normalized spacial score (nSPS) is 11.3. The Kier molecular flexibility index (Phi) is 2.47. The molecule has 0 aromatic carbocycles. The summed E-state index contributed by atoms with van der Waals surface area (Å²) >= 11 is 0.146. The van der Waals surface area contributed by atoms with Gasteiger partial charge in [-0.15, -0.1) is 0 Å². The van der Waals surface area contributed by atoms with Gasteiger partial charge in [-0.25, -0.2) is 4.79 Å². The van der Waals surface area contributed by atoms with Crippen molar-refractivity contribution in [3.8, 4) is 0 Å². The molecule has 0 fully saturated rings. The SMILES string of the molecule is O=C(O)C(F)(F)c1ccc([N+](=O)[O-])s1. The molecule has 0 amide bonds. The number of carboxylic acids is 1. The van der Waals surface area contributed by atoms with Crippen LogP contribution in [0.15, 0.2) is 12.1 Å². The van der Waals surface area contributed by atoms with Crippen LogP contribution in [0.1, 0.15) is 4.88 Å². The van der Waals surface area contributed by atoms with Crippen molar-refractivity contribution >= 4 is 22.3 Å². The van der Waals surface area contributed by atoms with Crippen molar-refractivity contribution in [3.63, 3.8) is 0 Å². The highest BCUT2D eigenvalue weighted by Crippen LogP contribution is 2.36. The number of thiophene rings is 1. The fourth-order valence-electron chi connectivity index (χ4n) is 0.700. The molecule has 0 bridgehead atoms. The van der Waals surface area contributed by atoms with Crippen LogP contribution < -0.4 is 0 Å². The fourth-order valence-corrected chi connectivity index (χ4v) is 1.49. The molecule has 0 unspecified atom stereocenters. The van der Waals surface area contributed by atoms with E-state index in [9.17, 15) is 23.7 Å². The lowest BCUT2D eigenvalue weighted by atomic mass is 10.3. The van der Waals surface area contributed by atoms with Crippen molar-refractivity contribution in [2.45, 2.75) is 5.92 Å². The van der Waals surface area contributed by atoms with Crippen molar-refractivity contribution < 1.29 is 23.6 Å². The van der Waals surface area contributed by atoms with Crippen LogP contribution in [0.25, 0.3) is 0 Å². The first-order valence-electron chi connectivity index (χ1n) is 3.21. The van der Waals surface area contributed by atoms with Gasteiger partial charge in [0.15, 0.2) is 0 Å². The van der Waals surface area contributed by atoms with Crippen LogP contribution in [0.4, 0.5) is 13.8 Å². The number of hydrogen-bond donors (Lipinski definition) is 1. The van der Waals surface area contributed by atoms with Gasteiger partial charge in [-0.3, -0.25) is 10.1 Å². The monoisotopic (exact) mass is 223 g/mol. The Balaban J connectivity index is 3.09. The molecule has 0 saturated carbocycles. The Morgan fingerprint density at radius 2 is 2.14 bits per heavy atom. The smallest absolute Gasteiger partial charge is 0.380 e. The molecule has 0 aliphatic rings. The molecule has 0 spiro atoms. The van der Waals surface area contributed by atoms with Gasteiger partial charge in [0, 0.05) is 6.07 Å². The predicted molar refractivity (Wildman–Crippen MR) is 42.5 cm³/mol. The van der Waals surface area contributed by atoms with E-state index >= 15 is 0 Å². The number of nitro groups is 1. The van der Waals surface area contributed by atoms with E-state index in [1.807, 2.05) is 0 Å². The van der Waals surface area contributed by atoms with E-state index in [1.165, 1.54) is 0 Å². The van der Waals surface area contributed by atoms with E-state index in [-0.39, 0.29) is 11.3 Å². The van der Waals surface area contributed by atoms with Gasteiger partial charge in [0.1, 0.15) is 0 Å². The lowest BCUT2D eigenvalue weighted by molar-refractivity contribution is -0.380. The molecule has 14 heavy (non-hydrogen) atoms. The Morgan fingerprint density at radius 1 is 1.57 bits per heavy atom. The lowest BCUT2D eigenvalue weighted by Gasteiger charge is -2.06. The second-order valence-electron chi connectivity index (χ2n) is 2.27. The zero-order valence-electron chi connectivity index (χ0n) is 6.44. The first kappa shape index (κ1) is 10.5. The molecule has 1 N–H and O–H groups in total. The third kappa shape index (κ3) is 1.69. The van der Waals surface area contributed by atoms with Crippen molar-refractivity contribution in [2.24, 2.45) is 0 Å². The molecule has 8 heteroatoms. The number of carboxylic acid groups (broad SMARTS) is 1. The molecule has 1 aromatic rings. The summed E-state index contributed by atoms with van der Waals surface area (Å²) in [5, 5.41) is 17.8. The van der Waals surface area contributed by atoms with Gasteiger partial charge in [0.25, 0.3) is 0 Å². The number of nitrogens with zero attached hydrogens (tertiary/aromatic N) is 1. The van der Waals surface area contributed by atoms with E-state index in [0.29, 0.717) is 0 Å². The summed E-state index contributed by atoms with van der Waals surface area (Å²) < 4.78 is 25.5. The Bertz CT molecular complexity index is 389. The molecule has 0 saturated heterocycles. The summed E-state index contributed by atoms with van der Waals surface area (Å²) in [5.41, 5.74) is 0. The van der Waals surface area contributed by atoms with Crippen molar-refractivity contribution in [1.29, 1.82) is 0 Å². The van der Waals surface area contributed by atoms with Crippen LogP contribution in [0.3, 0.4) is 0 Å². The van der Waals surface area contributed by atoms with Crippen LogP contribution in [-0.2, 0) is 10.7 Å². The molecule has 0 aliphatic heterocycles. The van der Waals surface area contributed by atoms with Gasteiger partial charge in [0.05, 0.1) is 9.80 Å². The standard InChI is InChI=1S/C6H3F2NO4S/c7-6(8,5(10)11)3-1-2-4(14-3)9(12)13/h1-2H,(H,10,11). The summed E-state index contributed by atoms with van der Waals surface area (Å²) in [6.07, 6.45) is 0. The average Bonchev–Trinajstić information content (AvgIpc) is 2.51. The molecule has 1 aromatic heterocycles. The minimum absolute atomic E-state index is 0.146. The Morgan fingerprint density at radius 3 is 2.50 bits per heavy atom. The molecular weight excluding hydrogens is 220 g/mol. The minimum Gasteiger partial charge on any atom is -0.477 e. The number of aliphatic carboxylic acids is 1. The van der Waals surface area contributed by atoms with Crippen LogP contribution in [0, 0.1) is 10.1 Å². The number of alkyl halides is 2. The molecule has 76 valence electrons. The Hall–Kier alpha value is -1.57. The summed E-state index contributed by atoms with van der Waals surface area (Å²) in [4.78, 5) is 18.5. The van der Waals surface area contributed by atoms with Crippen molar-refractivity contribution in [3.05, 3.63) is 27.1 Å². The van der Waals surface area contributed by atoms with Crippen LogP contribution in [0.2, 0.25) is 0 Å². The largest absolute Gasteiger partial charge is 0.477 e. The van der Waals surface area contributed by atoms with E-state index in [2.05, 4.69) is 0 Å². The maximum atomic E-state index is 12.7. The number of rotatable bonds is 3. The maximum absolute atomic E-state index is 12.7. The molecule has 5 nitrogen and oxygen atoms in total. The van der Waals surface area contributed by atoms with E-state index in [4.69, 9.17) is 5.11 Å². The fraction of sp³-hybridized carbons (Fsp3) is 0.167. The zero-order chi connectivity index (χ0) is 10.9. The third-order valence-electron chi connectivity index (χ3n) is 1.35. The van der Waals surface area contributed by atoms with Gasteiger partial charge < -0.3 is 5.11 Å². The molecule has 0 aliphatic carbocycles. The van der Waals surface area contributed by atoms with E-state index in [1.54, 1.807) is 0 Å². The Labute approximate surface area is 79.7 Å². The third-order valence-corrected chi connectivity index (χ3v) is 2.46. The summed E-state index contributed by atoms with van der Waals surface area (Å²) in [6.45, 7) is 0. The molecule has 1 heterocycles. The molecule has 0 atom stereocenters. The van der Waals surface area contributed by atoms with Gasteiger partial charge in [-0.2, -0.15) is 8.78 Å². The van der Waals surface area contributed by atoms with E-state index in [0.717, 1.165) is 12.1 Å². The highest BCUT2D eigenvalue weighted by atomic mass is 32.1. The maximum Gasteiger partial charge on any atom is 0.380 e. The van der Waals surface area contributed by atoms with Crippen LogP contribution in [0.5, 0.6) is 0 Å². The van der Waals surface area contributed by atoms with Crippen molar-refractivity contribution in [1.82, 2.24) is 0 Å². The average molecular weight is 223 g/mol. The second kappa shape index (κ2) is 3.29. The van der Waals surface area contributed by atoms with Crippen molar-refractivity contribution in [2.75, 3.05) is 0 Å². The number of carbonyl (C=O) groups is 1. The van der Waals surface area contributed by atoms with E-state index < -0.39 is 26.7 Å². The quantitative estimate of drug-likeness (QED) is 0.626. The molecule has 1 rings (SSSR count). The van der Waals surface area contributed by atoms with Gasteiger partial charge in [0.2, 0.25) is 0 Å². The summed E-state index contributed by atoms with van der Waals surface area (Å²) in [6, 6.07) is 1.58. The summed E-state index contributed by atoms with van der Waals surface area (Å²) in [5.74, 6) is -6.40. The predicted octanol–water partition coefficient (Wildman–Crippen LogP) is 1.83. The summed E-state index contributed by atoms with van der Waals surface area (Å²) in [7, 11) is 0. The zero-order valence-corrected chi connectivity index (χ0v) is 7.25. The minimum atomic E-state index is -4.07. The van der Waals surface area contributed by atoms with Gasteiger partial charge in [-0.1, -0.05) is 11.3 Å². The number of hydrogen-bond acceptors (Lipinski definition) is 4. The van der Waals surface area contributed by atoms with Crippen LogP contribution >= 0.6 is 11.3 Å². The first-order valence-corrected chi connectivity index (χ1v) is 4.03. The van der Waals surface area contributed by atoms with Gasteiger partial charge in [-0.05, 0) is 6.07 Å². The highest BCUT2D eigenvalue weighted by Gasteiger charge is 2.43. The first-order chi connectivity index (χ1) is 6.35. The second-order valence-corrected chi connectivity index (χ2v) is 3.34. The van der Waals surface area contributed by atoms with Crippen LogP contribution in [-0.4, -0.2) is 16.0 Å².